The quantitative estimate of drug-likeness (QED) is 0.858. The number of carboxylic acid groups (broad SMARTS) is 1. The van der Waals surface area contributed by atoms with Gasteiger partial charge in [-0.3, -0.25) is 0 Å². The fourth-order valence-electron chi connectivity index (χ4n) is 2.41. The number of rotatable bonds is 3. The third-order valence-corrected chi connectivity index (χ3v) is 3.65. The Labute approximate surface area is 106 Å². The van der Waals surface area contributed by atoms with Crippen molar-refractivity contribution in [2.45, 2.75) is 31.2 Å². The Hall–Kier alpha value is -1.78. The molecule has 1 aliphatic heterocycles. The van der Waals surface area contributed by atoms with Crippen LogP contribution >= 0.6 is 0 Å². The molecule has 5 nitrogen and oxygen atoms in total. The van der Waals surface area contributed by atoms with E-state index < -0.39 is 6.09 Å². The molecule has 0 radical (unpaired) electrons. The van der Waals surface area contributed by atoms with Gasteiger partial charge in [0.2, 0.25) is 0 Å². The molecule has 5 heteroatoms. The van der Waals surface area contributed by atoms with Crippen LogP contribution in [0.15, 0.2) is 18.3 Å². The standard InChI is InChI=1S/C13H17N3O2/c17-13(18)16-6-5-11(8-16)15-12-4-3-10(7-14-12)9-1-2-9/h3-4,7,9,11H,1-2,5-6,8H2,(H,14,15)(H,17,18)/t11-/m1/s1. The van der Waals surface area contributed by atoms with Crippen LogP contribution in [-0.4, -0.2) is 40.2 Å². The Morgan fingerprint density at radius 2 is 2.22 bits per heavy atom. The summed E-state index contributed by atoms with van der Waals surface area (Å²) in [7, 11) is 0. The molecule has 0 aromatic carbocycles. The molecule has 0 unspecified atom stereocenters. The zero-order valence-corrected chi connectivity index (χ0v) is 10.2. The molecule has 1 saturated carbocycles. The van der Waals surface area contributed by atoms with E-state index in [4.69, 9.17) is 5.11 Å². The Kier molecular flexibility index (Phi) is 2.81. The zero-order valence-electron chi connectivity index (χ0n) is 10.2. The van der Waals surface area contributed by atoms with Crippen LogP contribution in [0.2, 0.25) is 0 Å². The molecule has 2 heterocycles. The monoisotopic (exact) mass is 247 g/mol. The number of pyridine rings is 1. The van der Waals surface area contributed by atoms with Crippen LogP contribution < -0.4 is 5.32 Å². The third kappa shape index (κ3) is 2.39. The van der Waals surface area contributed by atoms with E-state index >= 15 is 0 Å². The molecular formula is C13H17N3O2. The Bertz CT molecular complexity index is 442. The van der Waals surface area contributed by atoms with Crippen LogP contribution in [0.4, 0.5) is 10.6 Å². The van der Waals surface area contributed by atoms with Crippen LogP contribution in [-0.2, 0) is 0 Å². The lowest BCUT2D eigenvalue weighted by atomic mass is 10.2. The molecule has 96 valence electrons. The molecule has 0 spiro atoms. The lowest BCUT2D eigenvalue weighted by molar-refractivity contribution is 0.155. The van der Waals surface area contributed by atoms with E-state index in [1.54, 1.807) is 0 Å². The van der Waals surface area contributed by atoms with Gasteiger partial charge in [-0.2, -0.15) is 0 Å². The summed E-state index contributed by atoms with van der Waals surface area (Å²) in [5.41, 5.74) is 1.32. The molecule has 3 rings (SSSR count). The molecule has 18 heavy (non-hydrogen) atoms. The number of carbonyl (C=O) groups is 1. The second-order valence-electron chi connectivity index (χ2n) is 5.11. The van der Waals surface area contributed by atoms with Gasteiger partial charge in [0.1, 0.15) is 5.82 Å². The lowest BCUT2D eigenvalue weighted by Gasteiger charge is -2.14. The number of hydrogen-bond acceptors (Lipinski definition) is 3. The third-order valence-electron chi connectivity index (χ3n) is 3.65. The number of nitrogens with zero attached hydrogens (tertiary/aromatic N) is 2. The average Bonchev–Trinajstić information content (AvgIpc) is 3.10. The minimum absolute atomic E-state index is 0.181. The van der Waals surface area contributed by atoms with Crippen molar-refractivity contribution in [2.24, 2.45) is 0 Å². The van der Waals surface area contributed by atoms with Gasteiger partial charge in [-0.15, -0.1) is 0 Å². The van der Waals surface area contributed by atoms with Gasteiger partial charge in [-0.25, -0.2) is 9.78 Å². The molecule has 2 aliphatic rings. The highest BCUT2D eigenvalue weighted by Gasteiger charge is 2.26. The van der Waals surface area contributed by atoms with Gasteiger partial charge in [0.25, 0.3) is 0 Å². The van der Waals surface area contributed by atoms with E-state index in [9.17, 15) is 4.79 Å². The van der Waals surface area contributed by atoms with Crippen LogP contribution in [0.25, 0.3) is 0 Å². The van der Waals surface area contributed by atoms with Gasteiger partial charge in [0.15, 0.2) is 0 Å². The fourth-order valence-corrected chi connectivity index (χ4v) is 2.41. The van der Waals surface area contributed by atoms with Crippen molar-refractivity contribution in [1.82, 2.24) is 9.88 Å². The molecule has 0 bridgehead atoms. The van der Waals surface area contributed by atoms with Crippen molar-refractivity contribution in [3.05, 3.63) is 23.9 Å². The molecule has 1 aliphatic carbocycles. The fraction of sp³-hybridized carbons (Fsp3) is 0.538. The number of nitrogens with one attached hydrogen (secondary N) is 1. The van der Waals surface area contributed by atoms with Crippen molar-refractivity contribution in [2.75, 3.05) is 18.4 Å². The van der Waals surface area contributed by atoms with E-state index in [2.05, 4.69) is 16.4 Å². The highest BCUT2D eigenvalue weighted by molar-refractivity contribution is 5.65. The second-order valence-corrected chi connectivity index (χ2v) is 5.11. The smallest absolute Gasteiger partial charge is 0.407 e. The Morgan fingerprint density at radius 3 is 2.78 bits per heavy atom. The molecule has 2 N–H and O–H groups in total. The first kappa shape index (κ1) is 11.3. The Morgan fingerprint density at radius 1 is 1.39 bits per heavy atom. The predicted molar refractivity (Wildman–Crippen MR) is 67.8 cm³/mol. The Balaban J connectivity index is 1.57. The first-order valence-electron chi connectivity index (χ1n) is 6.43. The predicted octanol–water partition coefficient (Wildman–Crippen LogP) is 2.12. The summed E-state index contributed by atoms with van der Waals surface area (Å²) in [6.07, 6.45) is 4.51. The van der Waals surface area contributed by atoms with Gasteiger partial charge in [0.05, 0.1) is 0 Å². The van der Waals surface area contributed by atoms with Gasteiger partial charge < -0.3 is 15.3 Å². The van der Waals surface area contributed by atoms with E-state index in [0.717, 1.165) is 18.2 Å². The summed E-state index contributed by atoms with van der Waals surface area (Å²) >= 11 is 0. The molecule has 1 saturated heterocycles. The minimum Gasteiger partial charge on any atom is -0.465 e. The van der Waals surface area contributed by atoms with Crippen LogP contribution in [0.3, 0.4) is 0 Å². The highest BCUT2D eigenvalue weighted by Crippen LogP contribution is 2.39. The van der Waals surface area contributed by atoms with Gasteiger partial charge in [-0.1, -0.05) is 6.07 Å². The largest absolute Gasteiger partial charge is 0.465 e. The summed E-state index contributed by atoms with van der Waals surface area (Å²) in [5, 5.41) is 12.2. The van der Waals surface area contributed by atoms with Crippen molar-refractivity contribution in [3.63, 3.8) is 0 Å². The number of amides is 1. The number of likely N-dealkylation sites (tertiary alicyclic amines) is 1. The van der Waals surface area contributed by atoms with Gasteiger partial charge in [0, 0.05) is 25.3 Å². The maximum atomic E-state index is 10.8. The average molecular weight is 247 g/mol. The normalized spacial score (nSPS) is 23.1. The summed E-state index contributed by atoms with van der Waals surface area (Å²) in [6, 6.07) is 4.30. The van der Waals surface area contributed by atoms with Crippen LogP contribution in [0.1, 0.15) is 30.7 Å². The topological polar surface area (TPSA) is 65.5 Å². The summed E-state index contributed by atoms with van der Waals surface area (Å²) < 4.78 is 0. The molecular weight excluding hydrogens is 230 g/mol. The summed E-state index contributed by atoms with van der Waals surface area (Å²) in [6.45, 7) is 1.15. The van der Waals surface area contributed by atoms with Gasteiger partial charge in [-0.05, 0) is 36.8 Å². The molecule has 1 aromatic rings. The first-order chi connectivity index (χ1) is 8.72. The first-order valence-corrected chi connectivity index (χ1v) is 6.43. The second kappa shape index (κ2) is 4.48. The van der Waals surface area contributed by atoms with E-state index in [1.165, 1.54) is 23.3 Å². The maximum Gasteiger partial charge on any atom is 0.407 e. The number of hydrogen-bond donors (Lipinski definition) is 2. The number of anilines is 1. The van der Waals surface area contributed by atoms with Crippen molar-refractivity contribution in [3.8, 4) is 0 Å². The van der Waals surface area contributed by atoms with E-state index in [1.807, 2.05) is 12.3 Å². The van der Waals surface area contributed by atoms with Crippen LogP contribution in [0.5, 0.6) is 0 Å². The SMILES string of the molecule is O=C(O)N1CC[C@@H](Nc2ccc(C3CC3)cn2)C1. The molecule has 1 atom stereocenters. The van der Waals surface area contributed by atoms with Gasteiger partial charge >= 0.3 is 6.09 Å². The number of aromatic nitrogens is 1. The highest BCUT2D eigenvalue weighted by atomic mass is 16.4. The van der Waals surface area contributed by atoms with Crippen molar-refractivity contribution >= 4 is 11.9 Å². The van der Waals surface area contributed by atoms with E-state index in [-0.39, 0.29) is 6.04 Å². The van der Waals surface area contributed by atoms with Crippen molar-refractivity contribution in [1.29, 1.82) is 0 Å². The summed E-state index contributed by atoms with van der Waals surface area (Å²) in [5.74, 6) is 1.57. The maximum absolute atomic E-state index is 10.8. The summed E-state index contributed by atoms with van der Waals surface area (Å²) in [4.78, 5) is 16.6. The molecule has 1 amide bonds. The van der Waals surface area contributed by atoms with Crippen LogP contribution in [0, 0.1) is 0 Å². The minimum atomic E-state index is -0.837. The molecule has 2 fully saturated rings. The lowest BCUT2D eigenvalue weighted by Crippen LogP contribution is -2.30. The van der Waals surface area contributed by atoms with E-state index in [0.29, 0.717) is 13.1 Å². The van der Waals surface area contributed by atoms with Crippen molar-refractivity contribution < 1.29 is 9.90 Å². The zero-order chi connectivity index (χ0) is 12.5. The molecule has 1 aromatic heterocycles.